The zero-order valence-corrected chi connectivity index (χ0v) is 19.0. The van der Waals surface area contributed by atoms with Crippen LogP contribution in [-0.4, -0.2) is 48.8 Å². The quantitative estimate of drug-likeness (QED) is 0.545. The van der Waals surface area contributed by atoms with Crippen molar-refractivity contribution in [2.45, 2.75) is 45.6 Å². The SMILES string of the molecule is CCNC(=NCc1c(C)nn(C)c1C)NCC1(c2ccc3c(c2)OCO3)CCOCC1. The molecular weight excluding hydrogens is 394 g/mol. The molecule has 3 heterocycles. The van der Waals surface area contributed by atoms with E-state index in [4.69, 9.17) is 19.2 Å². The molecule has 31 heavy (non-hydrogen) atoms. The second kappa shape index (κ2) is 9.18. The molecule has 0 unspecified atom stereocenters. The van der Waals surface area contributed by atoms with Gasteiger partial charge in [-0.3, -0.25) is 4.68 Å². The lowest BCUT2D eigenvalue weighted by Crippen LogP contribution is -2.48. The van der Waals surface area contributed by atoms with Crippen molar-refractivity contribution in [2.24, 2.45) is 12.0 Å². The molecule has 0 saturated carbocycles. The molecule has 8 nitrogen and oxygen atoms in total. The molecule has 4 rings (SSSR count). The Bertz CT molecular complexity index is 947. The third kappa shape index (κ3) is 4.49. The molecule has 0 amide bonds. The molecule has 1 aromatic heterocycles. The summed E-state index contributed by atoms with van der Waals surface area (Å²) in [4.78, 5) is 4.85. The Morgan fingerprint density at radius 1 is 1.16 bits per heavy atom. The minimum absolute atomic E-state index is 0.0461. The summed E-state index contributed by atoms with van der Waals surface area (Å²) < 4.78 is 18.7. The summed E-state index contributed by atoms with van der Waals surface area (Å²) in [5.74, 6) is 2.46. The fourth-order valence-electron chi connectivity index (χ4n) is 4.36. The van der Waals surface area contributed by atoms with E-state index in [1.165, 1.54) is 11.1 Å². The first-order valence-electron chi connectivity index (χ1n) is 11.0. The summed E-state index contributed by atoms with van der Waals surface area (Å²) in [5.41, 5.74) is 4.56. The lowest BCUT2D eigenvalue weighted by molar-refractivity contribution is 0.0513. The van der Waals surface area contributed by atoms with Crippen LogP contribution in [0.25, 0.3) is 0 Å². The summed E-state index contributed by atoms with van der Waals surface area (Å²) in [7, 11) is 1.97. The van der Waals surface area contributed by atoms with Crippen LogP contribution < -0.4 is 20.1 Å². The van der Waals surface area contributed by atoms with Crippen molar-refractivity contribution in [3.8, 4) is 11.5 Å². The van der Waals surface area contributed by atoms with Crippen LogP contribution in [0, 0.1) is 13.8 Å². The summed E-state index contributed by atoms with van der Waals surface area (Å²) >= 11 is 0. The maximum atomic E-state index is 5.69. The van der Waals surface area contributed by atoms with Gasteiger partial charge in [0, 0.05) is 50.0 Å². The number of rotatable bonds is 6. The Balaban J connectivity index is 1.53. The van der Waals surface area contributed by atoms with E-state index in [0.29, 0.717) is 6.54 Å². The second-order valence-corrected chi connectivity index (χ2v) is 8.28. The first-order valence-corrected chi connectivity index (χ1v) is 11.0. The van der Waals surface area contributed by atoms with Gasteiger partial charge in [0.25, 0.3) is 0 Å². The standard InChI is InChI=1S/C23H33N5O3/c1-5-24-22(25-13-19-16(2)27-28(4)17(19)3)26-14-23(8-10-29-11-9-23)18-6-7-20-21(12-18)31-15-30-20/h6-7,12H,5,8-11,13-15H2,1-4H3,(H2,24,25,26). The maximum Gasteiger partial charge on any atom is 0.231 e. The number of nitrogens with one attached hydrogen (secondary N) is 2. The van der Waals surface area contributed by atoms with Crippen molar-refractivity contribution < 1.29 is 14.2 Å². The third-order valence-corrected chi connectivity index (χ3v) is 6.43. The molecule has 168 valence electrons. The van der Waals surface area contributed by atoms with E-state index in [0.717, 1.165) is 68.0 Å². The van der Waals surface area contributed by atoms with Gasteiger partial charge in [-0.05, 0) is 51.3 Å². The number of fused-ring (bicyclic) bond motifs is 1. The van der Waals surface area contributed by atoms with E-state index in [-0.39, 0.29) is 12.2 Å². The topological polar surface area (TPSA) is 81.9 Å². The maximum absolute atomic E-state index is 5.69. The van der Waals surface area contributed by atoms with E-state index >= 15 is 0 Å². The van der Waals surface area contributed by atoms with E-state index in [9.17, 15) is 0 Å². The fourth-order valence-corrected chi connectivity index (χ4v) is 4.36. The van der Waals surface area contributed by atoms with Gasteiger partial charge in [0.2, 0.25) is 6.79 Å². The number of guanidine groups is 1. The van der Waals surface area contributed by atoms with Crippen LogP contribution in [0.15, 0.2) is 23.2 Å². The summed E-state index contributed by atoms with van der Waals surface area (Å²) in [6.45, 7) is 10.2. The lowest BCUT2D eigenvalue weighted by atomic mass is 9.74. The second-order valence-electron chi connectivity index (χ2n) is 8.28. The Morgan fingerprint density at radius 3 is 2.65 bits per heavy atom. The Labute approximate surface area is 184 Å². The molecule has 0 atom stereocenters. The van der Waals surface area contributed by atoms with Gasteiger partial charge in [-0.2, -0.15) is 5.10 Å². The molecule has 1 saturated heterocycles. The molecule has 1 fully saturated rings. The zero-order chi connectivity index (χ0) is 21.8. The number of aromatic nitrogens is 2. The van der Waals surface area contributed by atoms with Crippen molar-refractivity contribution in [2.75, 3.05) is 33.1 Å². The number of hydrogen-bond donors (Lipinski definition) is 2. The molecular formula is C23H33N5O3. The molecule has 2 aliphatic rings. The zero-order valence-electron chi connectivity index (χ0n) is 19.0. The number of benzene rings is 1. The van der Waals surface area contributed by atoms with Gasteiger partial charge in [0.1, 0.15) is 0 Å². The highest BCUT2D eigenvalue weighted by Gasteiger charge is 2.36. The summed E-state index contributed by atoms with van der Waals surface area (Å²) in [5, 5.41) is 11.5. The highest BCUT2D eigenvalue weighted by Crippen LogP contribution is 2.40. The summed E-state index contributed by atoms with van der Waals surface area (Å²) in [6.07, 6.45) is 1.89. The van der Waals surface area contributed by atoms with Crippen LogP contribution in [0.4, 0.5) is 0 Å². The van der Waals surface area contributed by atoms with Gasteiger partial charge in [-0.1, -0.05) is 6.07 Å². The molecule has 2 aliphatic heterocycles. The van der Waals surface area contributed by atoms with Crippen LogP contribution in [-0.2, 0) is 23.7 Å². The van der Waals surface area contributed by atoms with Crippen LogP contribution in [0.2, 0.25) is 0 Å². The van der Waals surface area contributed by atoms with Gasteiger partial charge < -0.3 is 24.8 Å². The number of nitrogens with zero attached hydrogens (tertiary/aromatic N) is 3. The average molecular weight is 428 g/mol. The molecule has 0 aliphatic carbocycles. The highest BCUT2D eigenvalue weighted by molar-refractivity contribution is 5.80. The van der Waals surface area contributed by atoms with Crippen molar-refractivity contribution in [3.05, 3.63) is 40.7 Å². The monoisotopic (exact) mass is 427 g/mol. The van der Waals surface area contributed by atoms with Crippen LogP contribution >= 0.6 is 0 Å². The minimum Gasteiger partial charge on any atom is -0.454 e. The van der Waals surface area contributed by atoms with Gasteiger partial charge in [0.15, 0.2) is 17.5 Å². The van der Waals surface area contributed by atoms with Crippen LogP contribution in [0.3, 0.4) is 0 Å². The number of aryl methyl sites for hydroxylation is 2. The summed E-state index contributed by atoms with van der Waals surface area (Å²) in [6, 6.07) is 6.30. The largest absolute Gasteiger partial charge is 0.454 e. The van der Waals surface area contributed by atoms with Gasteiger partial charge in [-0.15, -0.1) is 0 Å². The fraction of sp³-hybridized carbons (Fsp3) is 0.565. The van der Waals surface area contributed by atoms with Crippen molar-refractivity contribution in [1.29, 1.82) is 0 Å². The molecule has 0 bridgehead atoms. The first-order chi connectivity index (χ1) is 15.0. The predicted molar refractivity (Wildman–Crippen MR) is 120 cm³/mol. The molecule has 8 heteroatoms. The number of aliphatic imine (C=N–C) groups is 1. The number of ether oxygens (including phenoxy) is 3. The first kappa shape index (κ1) is 21.5. The molecule has 2 aromatic rings. The number of hydrogen-bond acceptors (Lipinski definition) is 5. The Hall–Kier alpha value is -2.74. The smallest absolute Gasteiger partial charge is 0.231 e. The van der Waals surface area contributed by atoms with E-state index in [2.05, 4.69) is 41.7 Å². The van der Waals surface area contributed by atoms with Gasteiger partial charge in [0.05, 0.1) is 12.2 Å². The molecule has 2 N–H and O–H groups in total. The van der Waals surface area contributed by atoms with Crippen molar-refractivity contribution in [3.63, 3.8) is 0 Å². The van der Waals surface area contributed by atoms with E-state index in [1.54, 1.807) is 0 Å². The van der Waals surface area contributed by atoms with E-state index in [1.807, 2.05) is 24.7 Å². The average Bonchev–Trinajstić information content (AvgIpc) is 3.34. The van der Waals surface area contributed by atoms with Crippen LogP contribution in [0.5, 0.6) is 11.5 Å². The van der Waals surface area contributed by atoms with Gasteiger partial charge >= 0.3 is 0 Å². The Kier molecular flexibility index (Phi) is 6.36. The minimum atomic E-state index is -0.0461. The molecule has 0 radical (unpaired) electrons. The normalized spacial score (nSPS) is 17.6. The molecule has 1 aromatic carbocycles. The van der Waals surface area contributed by atoms with Crippen molar-refractivity contribution in [1.82, 2.24) is 20.4 Å². The lowest BCUT2D eigenvalue weighted by Gasteiger charge is -2.38. The molecule has 0 spiro atoms. The predicted octanol–water partition coefficient (Wildman–Crippen LogP) is 2.57. The van der Waals surface area contributed by atoms with Crippen LogP contribution in [0.1, 0.15) is 42.3 Å². The van der Waals surface area contributed by atoms with E-state index < -0.39 is 0 Å². The third-order valence-electron chi connectivity index (χ3n) is 6.43. The highest BCUT2D eigenvalue weighted by atomic mass is 16.7. The Morgan fingerprint density at radius 2 is 1.94 bits per heavy atom. The van der Waals surface area contributed by atoms with Crippen molar-refractivity contribution >= 4 is 5.96 Å². The van der Waals surface area contributed by atoms with Gasteiger partial charge in [-0.25, -0.2) is 4.99 Å².